The van der Waals surface area contributed by atoms with Crippen LogP contribution in [0.1, 0.15) is 63.8 Å². The molecule has 2 aliphatic heterocycles. The molecule has 0 aliphatic carbocycles. The Morgan fingerprint density at radius 1 is 1.12 bits per heavy atom. The van der Waals surface area contributed by atoms with Crippen LogP contribution in [0, 0.1) is 0 Å². The summed E-state index contributed by atoms with van der Waals surface area (Å²) < 4.78 is 32.7. The topological polar surface area (TPSA) is 105 Å². The van der Waals surface area contributed by atoms with Gasteiger partial charge in [-0.3, -0.25) is 4.79 Å². The van der Waals surface area contributed by atoms with E-state index in [0.717, 1.165) is 42.7 Å². The molecule has 0 saturated carbocycles. The summed E-state index contributed by atoms with van der Waals surface area (Å²) in [7, 11) is -3.58. The van der Waals surface area contributed by atoms with E-state index in [9.17, 15) is 18.0 Å². The highest BCUT2D eigenvalue weighted by molar-refractivity contribution is 7.89. The normalized spacial score (nSPS) is 17.1. The Balaban J connectivity index is 1.54. The highest BCUT2D eigenvalue weighted by Crippen LogP contribution is 2.36. The number of carbonyl (C=O) groups excluding carboxylic acids is 2. The van der Waals surface area contributed by atoms with E-state index in [0.29, 0.717) is 42.2 Å². The van der Waals surface area contributed by atoms with E-state index in [-0.39, 0.29) is 11.5 Å². The van der Waals surface area contributed by atoms with E-state index in [4.69, 9.17) is 4.74 Å². The van der Waals surface area contributed by atoms with Gasteiger partial charge in [0.05, 0.1) is 17.1 Å². The van der Waals surface area contributed by atoms with Crippen molar-refractivity contribution in [2.24, 2.45) is 0 Å². The number of benzene rings is 1. The smallest absolute Gasteiger partial charge is 0.341 e. The van der Waals surface area contributed by atoms with E-state index in [1.54, 1.807) is 6.92 Å². The van der Waals surface area contributed by atoms with E-state index >= 15 is 0 Å². The second-order valence-corrected chi connectivity index (χ2v) is 11.2. The summed E-state index contributed by atoms with van der Waals surface area (Å²) in [5.41, 5.74) is 1.67. The molecule has 0 atom stereocenters. The van der Waals surface area contributed by atoms with Crippen molar-refractivity contribution in [2.75, 3.05) is 31.6 Å². The zero-order chi connectivity index (χ0) is 23.4. The molecule has 0 radical (unpaired) electrons. The van der Waals surface area contributed by atoms with Gasteiger partial charge in [0, 0.05) is 30.1 Å². The summed E-state index contributed by atoms with van der Waals surface area (Å²) in [4.78, 5) is 26.7. The molecule has 2 aromatic rings. The number of nitrogens with zero attached hydrogens (tertiary/aromatic N) is 1. The van der Waals surface area contributed by atoms with Crippen molar-refractivity contribution in [3.05, 3.63) is 45.8 Å². The molecule has 4 rings (SSSR count). The second kappa shape index (κ2) is 10.3. The van der Waals surface area contributed by atoms with E-state index in [1.807, 2.05) is 0 Å². The van der Waals surface area contributed by atoms with Crippen LogP contribution in [-0.2, 0) is 27.7 Å². The molecule has 33 heavy (non-hydrogen) atoms. The van der Waals surface area contributed by atoms with Gasteiger partial charge in [-0.15, -0.1) is 11.3 Å². The Morgan fingerprint density at radius 2 is 1.82 bits per heavy atom. The van der Waals surface area contributed by atoms with Gasteiger partial charge < -0.3 is 15.4 Å². The molecular weight excluding hydrogens is 462 g/mol. The lowest BCUT2D eigenvalue weighted by atomic mass is 10.0. The molecule has 178 valence electrons. The lowest BCUT2D eigenvalue weighted by molar-refractivity contribution is 0.0526. The largest absolute Gasteiger partial charge is 0.462 e. The first kappa shape index (κ1) is 23.9. The first-order valence-corrected chi connectivity index (χ1v) is 13.6. The molecule has 2 aliphatic rings. The van der Waals surface area contributed by atoms with Crippen molar-refractivity contribution < 1.29 is 22.7 Å². The van der Waals surface area contributed by atoms with Gasteiger partial charge in [-0.1, -0.05) is 12.8 Å². The van der Waals surface area contributed by atoms with Crippen LogP contribution in [0.25, 0.3) is 0 Å². The number of ether oxygens (including phenoxy) is 1. The molecule has 8 nitrogen and oxygen atoms in total. The van der Waals surface area contributed by atoms with Crippen LogP contribution in [0.3, 0.4) is 0 Å². The van der Waals surface area contributed by atoms with Crippen LogP contribution in [0.4, 0.5) is 5.00 Å². The van der Waals surface area contributed by atoms with Crippen molar-refractivity contribution in [3.63, 3.8) is 0 Å². The first-order valence-electron chi connectivity index (χ1n) is 11.4. The van der Waals surface area contributed by atoms with Gasteiger partial charge in [0.1, 0.15) is 5.00 Å². The van der Waals surface area contributed by atoms with Crippen molar-refractivity contribution in [1.29, 1.82) is 0 Å². The molecule has 3 heterocycles. The fraction of sp³-hybridized carbons (Fsp3) is 0.478. The minimum Gasteiger partial charge on any atom is -0.462 e. The van der Waals surface area contributed by atoms with Crippen molar-refractivity contribution in [3.8, 4) is 0 Å². The maximum Gasteiger partial charge on any atom is 0.341 e. The molecule has 1 fully saturated rings. The number of anilines is 1. The molecule has 1 aromatic carbocycles. The number of fused-ring (bicyclic) bond motifs is 1. The number of esters is 1. The predicted octanol–water partition coefficient (Wildman–Crippen LogP) is 3.39. The Labute approximate surface area is 198 Å². The second-order valence-electron chi connectivity index (χ2n) is 8.15. The van der Waals surface area contributed by atoms with Crippen LogP contribution in [0.15, 0.2) is 29.2 Å². The summed E-state index contributed by atoms with van der Waals surface area (Å²) in [5.74, 6) is -0.836. The van der Waals surface area contributed by atoms with E-state index < -0.39 is 21.9 Å². The summed E-state index contributed by atoms with van der Waals surface area (Å²) in [6.07, 6.45) is 4.51. The van der Waals surface area contributed by atoms with Crippen LogP contribution in [-0.4, -0.2) is 50.8 Å². The predicted molar refractivity (Wildman–Crippen MR) is 127 cm³/mol. The number of carbonyl (C=O) groups is 2. The van der Waals surface area contributed by atoms with Gasteiger partial charge in [0.25, 0.3) is 5.91 Å². The molecule has 1 aromatic heterocycles. The number of nitrogens with one attached hydrogen (secondary N) is 2. The minimum absolute atomic E-state index is 0.186. The zero-order valence-corrected chi connectivity index (χ0v) is 20.3. The molecule has 2 N–H and O–H groups in total. The van der Waals surface area contributed by atoms with Crippen molar-refractivity contribution in [1.82, 2.24) is 9.62 Å². The summed E-state index contributed by atoms with van der Waals surface area (Å²) in [6.45, 7) is 4.46. The van der Waals surface area contributed by atoms with Gasteiger partial charge in [0.15, 0.2) is 0 Å². The molecule has 0 unspecified atom stereocenters. The number of sulfonamides is 1. The summed E-state index contributed by atoms with van der Waals surface area (Å²) >= 11 is 1.37. The van der Waals surface area contributed by atoms with Crippen molar-refractivity contribution in [2.45, 2.75) is 50.5 Å². The number of amides is 1. The van der Waals surface area contributed by atoms with Crippen LogP contribution < -0.4 is 10.6 Å². The first-order chi connectivity index (χ1) is 15.9. The van der Waals surface area contributed by atoms with Gasteiger partial charge in [-0.05, 0) is 62.6 Å². The molecular formula is C23H29N3O5S2. The van der Waals surface area contributed by atoms with Gasteiger partial charge in [-0.2, -0.15) is 4.31 Å². The lowest BCUT2D eigenvalue weighted by Gasteiger charge is -2.20. The summed E-state index contributed by atoms with van der Waals surface area (Å²) in [5, 5.41) is 6.58. The SMILES string of the molecule is CCOC(=O)c1c(NC(=O)c2ccc(S(=O)(=O)N3CCCCCC3)cc2)sc2c1CCNC2. The highest BCUT2D eigenvalue weighted by Gasteiger charge is 2.28. The standard InChI is InChI=1S/C23H29N3O5S2/c1-2-31-23(28)20-18-11-12-24-15-19(18)32-22(20)25-21(27)16-7-9-17(10-8-16)33(29,30)26-13-5-3-4-6-14-26/h7-10,24H,2-6,11-15H2,1H3,(H,25,27). The lowest BCUT2D eigenvalue weighted by Crippen LogP contribution is -2.31. The van der Waals surface area contributed by atoms with Crippen LogP contribution in [0.2, 0.25) is 0 Å². The molecule has 0 spiro atoms. The Bertz CT molecular complexity index is 1120. The number of hydrogen-bond donors (Lipinski definition) is 2. The fourth-order valence-electron chi connectivity index (χ4n) is 4.23. The quantitative estimate of drug-likeness (QED) is 0.600. The Morgan fingerprint density at radius 3 is 2.48 bits per heavy atom. The number of thiophene rings is 1. The number of hydrogen-bond acceptors (Lipinski definition) is 7. The monoisotopic (exact) mass is 491 g/mol. The third-order valence-electron chi connectivity index (χ3n) is 5.95. The molecule has 1 saturated heterocycles. The van der Waals surface area contributed by atoms with Gasteiger partial charge in [-0.25, -0.2) is 13.2 Å². The minimum atomic E-state index is -3.58. The highest BCUT2D eigenvalue weighted by atomic mass is 32.2. The molecule has 1 amide bonds. The fourth-order valence-corrected chi connectivity index (χ4v) is 6.94. The Kier molecular flexibility index (Phi) is 7.48. The maximum absolute atomic E-state index is 13.0. The summed E-state index contributed by atoms with van der Waals surface area (Å²) in [6, 6.07) is 5.98. The van der Waals surface area contributed by atoms with Crippen LogP contribution in [0.5, 0.6) is 0 Å². The zero-order valence-electron chi connectivity index (χ0n) is 18.7. The van der Waals surface area contributed by atoms with Gasteiger partial charge >= 0.3 is 5.97 Å². The average Bonchev–Trinajstić information content (AvgIpc) is 2.97. The third kappa shape index (κ3) is 5.13. The molecule has 10 heteroatoms. The van der Waals surface area contributed by atoms with Crippen LogP contribution >= 0.6 is 11.3 Å². The number of rotatable bonds is 6. The molecule has 0 bridgehead atoms. The maximum atomic E-state index is 13.0. The van der Waals surface area contributed by atoms with E-state index in [2.05, 4.69) is 10.6 Å². The third-order valence-corrected chi connectivity index (χ3v) is 9.01. The van der Waals surface area contributed by atoms with E-state index in [1.165, 1.54) is 39.9 Å². The Hall–Kier alpha value is -2.27. The average molecular weight is 492 g/mol. The van der Waals surface area contributed by atoms with Gasteiger partial charge in [0.2, 0.25) is 10.0 Å². The van der Waals surface area contributed by atoms with Crippen molar-refractivity contribution >= 4 is 38.2 Å².